The molecule has 2 N–H and O–H groups in total. The van der Waals surface area contributed by atoms with Gasteiger partial charge in [-0.15, -0.1) is 0 Å². The minimum atomic E-state index is 0.160. The van der Waals surface area contributed by atoms with Gasteiger partial charge in [0.2, 0.25) is 0 Å². The van der Waals surface area contributed by atoms with E-state index in [0.29, 0.717) is 6.54 Å². The quantitative estimate of drug-likeness (QED) is 0.772. The first-order valence-electron chi connectivity index (χ1n) is 5.85. The summed E-state index contributed by atoms with van der Waals surface area (Å²) < 4.78 is 11.2. The van der Waals surface area contributed by atoms with Crippen LogP contribution in [0.15, 0.2) is 24.3 Å². The van der Waals surface area contributed by atoms with Crippen LogP contribution in [0.4, 0.5) is 0 Å². The van der Waals surface area contributed by atoms with Gasteiger partial charge in [-0.05, 0) is 50.6 Å². The van der Waals surface area contributed by atoms with E-state index in [-0.39, 0.29) is 6.10 Å². The van der Waals surface area contributed by atoms with Crippen LogP contribution in [0.2, 0.25) is 0 Å². The molecule has 1 rings (SSSR count). The van der Waals surface area contributed by atoms with Crippen LogP contribution in [0.1, 0.15) is 26.7 Å². The zero-order valence-corrected chi connectivity index (χ0v) is 10.1. The molecule has 0 aromatic heterocycles. The Bertz CT molecular complexity index is 284. The molecule has 0 spiro atoms. The smallest absolute Gasteiger partial charge is 0.119 e. The summed E-state index contributed by atoms with van der Waals surface area (Å²) in [5, 5.41) is 0. The molecule has 0 aliphatic rings. The Balaban J connectivity index is 2.44. The van der Waals surface area contributed by atoms with Gasteiger partial charge >= 0.3 is 0 Å². The fraction of sp³-hybridized carbons (Fsp3) is 0.538. The molecular weight excluding hydrogens is 202 g/mol. The van der Waals surface area contributed by atoms with Crippen molar-refractivity contribution in [2.45, 2.75) is 32.8 Å². The molecule has 3 nitrogen and oxygen atoms in total. The molecule has 0 radical (unpaired) electrons. The van der Waals surface area contributed by atoms with Crippen molar-refractivity contribution < 1.29 is 9.47 Å². The minimum absolute atomic E-state index is 0.160. The van der Waals surface area contributed by atoms with Gasteiger partial charge in [0, 0.05) is 0 Å². The predicted octanol–water partition coefficient (Wildman–Crippen LogP) is 2.59. The van der Waals surface area contributed by atoms with Crippen LogP contribution in [0.5, 0.6) is 11.5 Å². The monoisotopic (exact) mass is 223 g/mol. The van der Waals surface area contributed by atoms with E-state index < -0.39 is 0 Å². The highest BCUT2D eigenvalue weighted by molar-refractivity contribution is 5.31. The van der Waals surface area contributed by atoms with E-state index in [1.165, 1.54) is 0 Å². The third-order valence-corrected chi connectivity index (χ3v) is 2.21. The van der Waals surface area contributed by atoms with Crippen molar-refractivity contribution in [3.63, 3.8) is 0 Å². The highest BCUT2D eigenvalue weighted by Gasteiger charge is 2.02. The highest BCUT2D eigenvalue weighted by Crippen LogP contribution is 2.19. The van der Waals surface area contributed by atoms with Gasteiger partial charge in [0.15, 0.2) is 0 Å². The number of hydrogen-bond acceptors (Lipinski definition) is 3. The summed E-state index contributed by atoms with van der Waals surface area (Å²) in [5.74, 6) is 1.76. The lowest BCUT2D eigenvalue weighted by Gasteiger charge is -2.14. The summed E-state index contributed by atoms with van der Waals surface area (Å²) >= 11 is 0. The second-order valence-electron chi connectivity index (χ2n) is 3.83. The summed E-state index contributed by atoms with van der Waals surface area (Å²) in [6.45, 7) is 5.52. The molecule has 1 aromatic rings. The number of benzene rings is 1. The van der Waals surface area contributed by atoms with Crippen molar-refractivity contribution in [3.05, 3.63) is 24.3 Å². The van der Waals surface area contributed by atoms with Crippen LogP contribution >= 0.6 is 0 Å². The molecule has 0 amide bonds. The zero-order chi connectivity index (χ0) is 11.8. The van der Waals surface area contributed by atoms with Crippen LogP contribution in [0.25, 0.3) is 0 Å². The standard InChI is InChI=1S/C13H21NO2/c1-3-10-15-12-4-6-13(7-5-12)16-11(2)8-9-14/h4-7,11H,3,8-10,14H2,1-2H3. The molecule has 1 atom stereocenters. The molecule has 16 heavy (non-hydrogen) atoms. The topological polar surface area (TPSA) is 44.5 Å². The molecule has 0 saturated carbocycles. The Kier molecular flexibility index (Phi) is 5.72. The average molecular weight is 223 g/mol. The summed E-state index contributed by atoms with van der Waals surface area (Å²) in [7, 11) is 0. The van der Waals surface area contributed by atoms with E-state index >= 15 is 0 Å². The second kappa shape index (κ2) is 7.12. The first-order valence-corrected chi connectivity index (χ1v) is 5.85. The SMILES string of the molecule is CCCOc1ccc(OC(C)CCN)cc1. The number of hydrogen-bond donors (Lipinski definition) is 1. The van der Waals surface area contributed by atoms with E-state index in [4.69, 9.17) is 15.2 Å². The molecule has 0 bridgehead atoms. The van der Waals surface area contributed by atoms with Crippen molar-refractivity contribution in [2.24, 2.45) is 5.73 Å². The lowest BCUT2D eigenvalue weighted by atomic mass is 10.2. The second-order valence-corrected chi connectivity index (χ2v) is 3.83. The van der Waals surface area contributed by atoms with Crippen LogP contribution in [-0.4, -0.2) is 19.3 Å². The van der Waals surface area contributed by atoms with Gasteiger partial charge in [0.1, 0.15) is 11.5 Å². The highest BCUT2D eigenvalue weighted by atomic mass is 16.5. The van der Waals surface area contributed by atoms with Gasteiger partial charge in [0.25, 0.3) is 0 Å². The van der Waals surface area contributed by atoms with Crippen molar-refractivity contribution >= 4 is 0 Å². The Morgan fingerprint density at radius 1 is 1.19 bits per heavy atom. The number of ether oxygens (including phenoxy) is 2. The molecule has 1 aromatic carbocycles. The van der Waals surface area contributed by atoms with Gasteiger partial charge in [-0.3, -0.25) is 0 Å². The Labute approximate surface area is 97.6 Å². The Morgan fingerprint density at radius 2 is 1.81 bits per heavy atom. The van der Waals surface area contributed by atoms with Crippen molar-refractivity contribution in [2.75, 3.05) is 13.2 Å². The average Bonchev–Trinajstić information content (AvgIpc) is 2.28. The maximum Gasteiger partial charge on any atom is 0.119 e. The summed E-state index contributed by atoms with van der Waals surface area (Å²) in [6.07, 6.45) is 2.05. The molecule has 1 unspecified atom stereocenters. The summed E-state index contributed by atoms with van der Waals surface area (Å²) in [4.78, 5) is 0. The third kappa shape index (κ3) is 4.53. The zero-order valence-electron chi connectivity index (χ0n) is 10.1. The maximum absolute atomic E-state index is 5.68. The van der Waals surface area contributed by atoms with E-state index in [0.717, 1.165) is 30.9 Å². The molecule has 0 saturated heterocycles. The molecule has 0 fully saturated rings. The fourth-order valence-corrected chi connectivity index (χ4v) is 1.36. The fourth-order valence-electron chi connectivity index (χ4n) is 1.36. The lowest BCUT2D eigenvalue weighted by molar-refractivity contribution is 0.213. The van der Waals surface area contributed by atoms with E-state index in [1.54, 1.807) is 0 Å². The van der Waals surface area contributed by atoms with Crippen molar-refractivity contribution in [1.29, 1.82) is 0 Å². The lowest BCUT2D eigenvalue weighted by Crippen LogP contribution is -2.16. The largest absolute Gasteiger partial charge is 0.494 e. The van der Waals surface area contributed by atoms with Crippen molar-refractivity contribution in [1.82, 2.24) is 0 Å². The number of rotatable bonds is 7. The van der Waals surface area contributed by atoms with Gasteiger partial charge in [-0.25, -0.2) is 0 Å². The third-order valence-electron chi connectivity index (χ3n) is 2.21. The van der Waals surface area contributed by atoms with Crippen LogP contribution in [-0.2, 0) is 0 Å². The Morgan fingerprint density at radius 3 is 2.38 bits per heavy atom. The van der Waals surface area contributed by atoms with Crippen LogP contribution in [0, 0.1) is 0 Å². The van der Waals surface area contributed by atoms with Gasteiger partial charge in [0.05, 0.1) is 12.7 Å². The van der Waals surface area contributed by atoms with E-state index in [9.17, 15) is 0 Å². The van der Waals surface area contributed by atoms with Gasteiger partial charge in [-0.1, -0.05) is 6.92 Å². The normalized spacial score (nSPS) is 12.2. The van der Waals surface area contributed by atoms with Gasteiger partial charge in [-0.2, -0.15) is 0 Å². The first kappa shape index (κ1) is 12.8. The van der Waals surface area contributed by atoms with Crippen molar-refractivity contribution in [3.8, 4) is 11.5 Å². The molecule has 0 heterocycles. The minimum Gasteiger partial charge on any atom is -0.494 e. The molecule has 0 aliphatic carbocycles. The Hall–Kier alpha value is -1.22. The number of nitrogens with two attached hydrogens (primary N) is 1. The first-order chi connectivity index (χ1) is 7.76. The van der Waals surface area contributed by atoms with Crippen LogP contribution < -0.4 is 15.2 Å². The van der Waals surface area contributed by atoms with Gasteiger partial charge < -0.3 is 15.2 Å². The maximum atomic E-state index is 5.68. The van der Waals surface area contributed by atoms with Crippen LogP contribution in [0.3, 0.4) is 0 Å². The summed E-state index contributed by atoms with van der Waals surface area (Å²) in [5.41, 5.74) is 5.46. The molecular formula is C13H21NO2. The summed E-state index contributed by atoms with van der Waals surface area (Å²) in [6, 6.07) is 7.72. The van der Waals surface area contributed by atoms with E-state index in [1.807, 2.05) is 31.2 Å². The molecule has 0 aliphatic heterocycles. The molecule has 3 heteroatoms. The molecule has 90 valence electrons. The van der Waals surface area contributed by atoms with E-state index in [2.05, 4.69) is 6.92 Å². The predicted molar refractivity (Wildman–Crippen MR) is 66.0 cm³/mol.